The zero-order valence-corrected chi connectivity index (χ0v) is 12.1. The number of rotatable bonds is 6. The molecule has 1 saturated carbocycles. The predicted octanol–water partition coefficient (Wildman–Crippen LogP) is 1.33. The highest BCUT2D eigenvalue weighted by molar-refractivity contribution is 5.76. The number of amides is 1. The highest BCUT2D eigenvalue weighted by Crippen LogP contribution is 2.26. The maximum atomic E-state index is 12.0. The van der Waals surface area contributed by atoms with Crippen molar-refractivity contribution in [1.29, 1.82) is 0 Å². The van der Waals surface area contributed by atoms with E-state index in [9.17, 15) is 4.79 Å². The van der Waals surface area contributed by atoms with Crippen molar-refractivity contribution >= 4 is 5.91 Å². The monoisotopic (exact) mass is 280 g/mol. The maximum absolute atomic E-state index is 12.0. The molecule has 1 unspecified atom stereocenters. The van der Waals surface area contributed by atoms with E-state index in [1.165, 1.54) is 32.1 Å². The number of aromatic nitrogens is 2. The van der Waals surface area contributed by atoms with E-state index in [4.69, 9.17) is 10.3 Å². The van der Waals surface area contributed by atoms with Crippen molar-refractivity contribution < 1.29 is 9.32 Å². The van der Waals surface area contributed by atoms with E-state index >= 15 is 0 Å². The molecule has 6 nitrogen and oxygen atoms in total. The maximum Gasteiger partial charge on any atom is 0.227 e. The van der Waals surface area contributed by atoms with E-state index in [0.717, 1.165) is 0 Å². The van der Waals surface area contributed by atoms with Crippen LogP contribution in [0.3, 0.4) is 0 Å². The number of carbonyl (C=O) groups excluding carboxylic acids is 1. The zero-order chi connectivity index (χ0) is 14.4. The molecule has 1 atom stereocenters. The van der Waals surface area contributed by atoms with Crippen LogP contribution in [0.2, 0.25) is 0 Å². The predicted molar refractivity (Wildman–Crippen MR) is 74.9 cm³/mol. The van der Waals surface area contributed by atoms with Gasteiger partial charge in [-0.1, -0.05) is 24.4 Å². The van der Waals surface area contributed by atoms with Gasteiger partial charge in [0.05, 0.1) is 0 Å². The molecule has 0 aromatic carbocycles. The van der Waals surface area contributed by atoms with Crippen LogP contribution in [0.1, 0.15) is 50.2 Å². The van der Waals surface area contributed by atoms with Gasteiger partial charge in [0, 0.05) is 25.4 Å². The summed E-state index contributed by atoms with van der Waals surface area (Å²) in [6.45, 7) is 2.27. The van der Waals surface area contributed by atoms with Crippen LogP contribution in [0.25, 0.3) is 0 Å². The summed E-state index contributed by atoms with van der Waals surface area (Å²) in [7, 11) is 0. The number of nitrogens with zero attached hydrogens (tertiary/aromatic N) is 2. The molecule has 1 aromatic rings. The van der Waals surface area contributed by atoms with Gasteiger partial charge in [0.15, 0.2) is 5.82 Å². The van der Waals surface area contributed by atoms with Crippen molar-refractivity contribution in [3.8, 4) is 0 Å². The second kappa shape index (κ2) is 7.38. The summed E-state index contributed by atoms with van der Waals surface area (Å²) < 4.78 is 5.00. The molecule has 112 valence electrons. The first-order valence-electron chi connectivity index (χ1n) is 7.47. The highest BCUT2D eigenvalue weighted by Gasteiger charge is 2.23. The summed E-state index contributed by atoms with van der Waals surface area (Å²) in [5.41, 5.74) is 5.81. The minimum Gasteiger partial charge on any atom is -0.352 e. The van der Waals surface area contributed by atoms with Gasteiger partial charge in [-0.05, 0) is 25.7 Å². The Labute approximate surface area is 119 Å². The Morgan fingerprint density at radius 2 is 2.20 bits per heavy atom. The van der Waals surface area contributed by atoms with Gasteiger partial charge in [0.1, 0.15) is 0 Å². The lowest BCUT2D eigenvalue weighted by Crippen LogP contribution is -2.46. The molecule has 0 radical (unpaired) electrons. The molecule has 1 fully saturated rings. The van der Waals surface area contributed by atoms with Crippen molar-refractivity contribution in [3.63, 3.8) is 0 Å². The van der Waals surface area contributed by atoms with Crippen molar-refractivity contribution in [3.05, 3.63) is 11.7 Å². The third-order valence-corrected chi connectivity index (χ3v) is 3.95. The fraction of sp³-hybridized carbons (Fsp3) is 0.786. The van der Waals surface area contributed by atoms with Gasteiger partial charge in [0.2, 0.25) is 11.8 Å². The minimum absolute atomic E-state index is 0.0156. The summed E-state index contributed by atoms with van der Waals surface area (Å²) in [5.74, 6) is 1.66. The number of hydrogen-bond acceptors (Lipinski definition) is 5. The fourth-order valence-electron chi connectivity index (χ4n) is 2.85. The average molecular weight is 280 g/mol. The second-order valence-corrected chi connectivity index (χ2v) is 5.54. The number of nitrogens with two attached hydrogens (primary N) is 1. The molecule has 1 aromatic heterocycles. The molecule has 0 aliphatic heterocycles. The van der Waals surface area contributed by atoms with Crippen LogP contribution in [-0.4, -0.2) is 28.6 Å². The highest BCUT2D eigenvalue weighted by atomic mass is 16.5. The zero-order valence-electron chi connectivity index (χ0n) is 12.1. The number of carbonyl (C=O) groups is 1. The molecule has 0 spiro atoms. The Hall–Kier alpha value is -1.43. The quantitative estimate of drug-likeness (QED) is 0.820. The van der Waals surface area contributed by atoms with Crippen molar-refractivity contribution in [1.82, 2.24) is 15.5 Å². The lowest BCUT2D eigenvalue weighted by atomic mass is 9.84. The summed E-state index contributed by atoms with van der Waals surface area (Å²) in [6, 6.07) is 0.104. The van der Waals surface area contributed by atoms with E-state index in [1.54, 1.807) is 6.92 Å². The van der Waals surface area contributed by atoms with Crippen LogP contribution in [0.15, 0.2) is 4.52 Å². The molecule has 3 N–H and O–H groups in total. The van der Waals surface area contributed by atoms with E-state index in [0.29, 0.717) is 37.0 Å². The van der Waals surface area contributed by atoms with Crippen LogP contribution in [0.4, 0.5) is 0 Å². The van der Waals surface area contributed by atoms with Crippen LogP contribution < -0.4 is 11.1 Å². The third kappa shape index (κ3) is 4.30. The first-order valence-corrected chi connectivity index (χ1v) is 7.47. The van der Waals surface area contributed by atoms with Crippen molar-refractivity contribution in [2.75, 3.05) is 6.54 Å². The van der Waals surface area contributed by atoms with Crippen LogP contribution in [0, 0.1) is 12.8 Å². The van der Waals surface area contributed by atoms with E-state index in [2.05, 4.69) is 15.5 Å². The molecule has 0 bridgehead atoms. The number of aryl methyl sites for hydroxylation is 2. The van der Waals surface area contributed by atoms with Crippen LogP contribution in [-0.2, 0) is 11.2 Å². The smallest absolute Gasteiger partial charge is 0.227 e. The largest absolute Gasteiger partial charge is 0.352 e. The summed E-state index contributed by atoms with van der Waals surface area (Å²) in [5, 5.41) is 6.77. The topological polar surface area (TPSA) is 94.0 Å². The third-order valence-electron chi connectivity index (χ3n) is 3.95. The lowest BCUT2D eigenvalue weighted by molar-refractivity contribution is -0.122. The molecule has 0 saturated heterocycles. The molecule has 1 aliphatic carbocycles. The van der Waals surface area contributed by atoms with Gasteiger partial charge >= 0.3 is 0 Å². The normalized spacial score (nSPS) is 17.9. The molecular formula is C14H24N4O2. The van der Waals surface area contributed by atoms with Gasteiger partial charge < -0.3 is 15.6 Å². The Balaban J connectivity index is 1.76. The molecule has 2 rings (SSSR count). The Morgan fingerprint density at radius 3 is 2.80 bits per heavy atom. The number of nitrogens with one attached hydrogen (secondary N) is 1. The average Bonchev–Trinajstić information content (AvgIpc) is 2.89. The molecule has 1 aliphatic rings. The van der Waals surface area contributed by atoms with Gasteiger partial charge in [-0.3, -0.25) is 4.79 Å². The molecule has 1 amide bonds. The SMILES string of the molecule is Cc1noc(CCC(=O)NC(CN)C2CCCCC2)n1. The standard InChI is InChI=1S/C14H24N4O2/c1-10-16-14(20-18-10)8-7-13(19)17-12(9-15)11-5-3-2-4-6-11/h11-12H,2-9,15H2,1H3,(H,17,19). The molecular weight excluding hydrogens is 256 g/mol. The van der Waals surface area contributed by atoms with E-state index < -0.39 is 0 Å². The fourth-order valence-corrected chi connectivity index (χ4v) is 2.85. The molecule has 6 heteroatoms. The van der Waals surface area contributed by atoms with Crippen molar-refractivity contribution in [2.45, 2.75) is 57.9 Å². The van der Waals surface area contributed by atoms with Gasteiger partial charge in [-0.2, -0.15) is 4.98 Å². The second-order valence-electron chi connectivity index (χ2n) is 5.54. The Morgan fingerprint density at radius 1 is 1.45 bits per heavy atom. The lowest BCUT2D eigenvalue weighted by Gasteiger charge is -2.30. The van der Waals surface area contributed by atoms with Gasteiger partial charge in [0.25, 0.3) is 0 Å². The summed E-state index contributed by atoms with van der Waals surface area (Å²) in [6.07, 6.45) is 6.99. The summed E-state index contributed by atoms with van der Waals surface area (Å²) >= 11 is 0. The van der Waals surface area contributed by atoms with E-state index in [-0.39, 0.29) is 11.9 Å². The van der Waals surface area contributed by atoms with Crippen LogP contribution in [0.5, 0.6) is 0 Å². The Kier molecular flexibility index (Phi) is 5.52. The number of hydrogen-bond donors (Lipinski definition) is 2. The van der Waals surface area contributed by atoms with Crippen LogP contribution >= 0.6 is 0 Å². The summed E-state index contributed by atoms with van der Waals surface area (Å²) in [4.78, 5) is 16.1. The molecule has 1 heterocycles. The minimum atomic E-state index is 0.0156. The first-order chi connectivity index (χ1) is 9.69. The first kappa shape index (κ1) is 15.0. The van der Waals surface area contributed by atoms with E-state index in [1.807, 2.05) is 0 Å². The van der Waals surface area contributed by atoms with Gasteiger partial charge in [-0.25, -0.2) is 0 Å². The Bertz CT molecular complexity index is 427. The van der Waals surface area contributed by atoms with Gasteiger partial charge in [-0.15, -0.1) is 0 Å². The van der Waals surface area contributed by atoms with Crippen molar-refractivity contribution in [2.24, 2.45) is 11.7 Å². The molecule has 20 heavy (non-hydrogen) atoms.